The summed E-state index contributed by atoms with van der Waals surface area (Å²) in [6.07, 6.45) is 0.353. The van der Waals surface area contributed by atoms with Gasteiger partial charge in [-0.3, -0.25) is 4.79 Å². The summed E-state index contributed by atoms with van der Waals surface area (Å²) in [4.78, 5) is 24.4. The summed E-state index contributed by atoms with van der Waals surface area (Å²) in [6.45, 7) is -0.413. The number of hydrogen-bond acceptors (Lipinski definition) is 6. The third-order valence-electron chi connectivity index (χ3n) is 4.44. The van der Waals surface area contributed by atoms with Crippen molar-refractivity contribution < 1.29 is 27.5 Å². The Morgan fingerprint density at radius 2 is 1.90 bits per heavy atom. The molecule has 1 fully saturated rings. The van der Waals surface area contributed by atoms with E-state index in [1.807, 2.05) is 0 Å². The molecule has 1 amide bonds. The lowest BCUT2D eigenvalue weighted by molar-refractivity contribution is -0.124. The van der Waals surface area contributed by atoms with Crippen LogP contribution in [-0.4, -0.2) is 44.4 Å². The molecule has 160 valence electrons. The minimum atomic E-state index is -3.11. The predicted octanol–water partition coefficient (Wildman–Crippen LogP) is 3.03. The smallest absolute Gasteiger partial charge is 0.342 e. The molecule has 0 spiro atoms. The first-order valence-electron chi connectivity index (χ1n) is 9.06. The summed E-state index contributed by atoms with van der Waals surface area (Å²) in [5.74, 6) is -1.08. The fourth-order valence-corrected chi connectivity index (χ4v) is 5.08. The summed E-state index contributed by atoms with van der Waals surface area (Å²) < 4.78 is 33.7. The van der Waals surface area contributed by atoms with E-state index in [9.17, 15) is 18.0 Å². The van der Waals surface area contributed by atoms with Gasteiger partial charge >= 0.3 is 5.97 Å². The lowest BCUT2D eigenvalue weighted by atomic mass is 10.2. The van der Waals surface area contributed by atoms with Crippen molar-refractivity contribution in [3.8, 4) is 5.75 Å². The van der Waals surface area contributed by atoms with E-state index in [0.29, 0.717) is 22.0 Å². The third-order valence-corrected chi connectivity index (χ3v) is 6.79. The lowest BCUT2D eigenvalue weighted by Crippen LogP contribution is -2.38. The molecule has 1 atom stereocenters. The highest BCUT2D eigenvalue weighted by molar-refractivity contribution is 7.91. The second-order valence-corrected chi connectivity index (χ2v) is 9.84. The van der Waals surface area contributed by atoms with E-state index in [0.717, 1.165) is 0 Å². The summed E-state index contributed by atoms with van der Waals surface area (Å²) in [7, 11) is -3.11. The molecule has 3 rings (SSSR count). The average Bonchev–Trinajstić information content (AvgIpc) is 3.04. The maximum absolute atomic E-state index is 12.4. The van der Waals surface area contributed by atoms with Gasteiger partial charge < -0.3 is 14.8 Å². The van der Waals surface area contributed by atoms with Gasteiger partial charge in [0.25, 0.3) is 5.91 Å². The van der Waals surface area contributed by atoms with Crippen LogP contribution >= 0.6 is 23.2 Å². The van der Waals surface area contributed by atoms with E-state index in [1.54, 1.807) is 36.4 Å². The van der Waals surface area contributed by atoms with E-state index in [2.05, 4.69) is 5.32 Å². The van der Waals surface area contributed by atoms with Gasteiger partial charge in [0.15, 0.2) is 16.4 Å². The number of sulfone groups is 1. The number of carbonyl (C=O) groups is 2. The van der Waals surface area contributed by atoms with Crippen LogP contribution in [0.4, 0.5) is 0 Å². The van der Waals surface area contributed by atoms with Gasteiger partial charge in [-0.15, -0.1) is 0 Å². The van der Waals surface area contributed by atoms with Crippen LogP contribution in [0, 0.1) is 0 Å². The van der Waals surface area contributed by atoms with Crippen molar-refractivity contribution in [1.82, 2.24) is 5.32 Å². The van der Waals surface area contributed by atoms with Crippen molar-refractivity contribution >= 4 is 44.9 Å². The predicted molar refractivity (Wildman–Crippen MR) is 113 cm³/mol. The van der Waals surface area contributed by atoms with Crippen molar-refractivity contribution in [3.05, 3.63) is 63.6 Å². The molecule has 0 bridgehead atoms. The van der Waals surface area contributed by atoms with E-state index in [-0.39, 0.29) is 29.4 Å². The third kappa shape index (κ3) is 6.10. The van der Waals surface area contributed by atoms with Crippen molar-refractivity contribution in [3.63, 3.8) is 0 Å². The summed E-state index contributed by atoms with van der Waals surface area (Å²) in [6, 6.07) is 11.0. The largest absolute Gasteiger partial charge is 0.488 e. The highest BCUT2D eigenvalue weighted by atomic mass is 35.5. The van der Waals surface area contributed by atoms with Gasteiger partial charge in [0.2, 0.25) is 0 Å². The Kier molecular flexibility index (Phi) is 7.23. The number of esters is 1. The van der Waals surface area contributed by atoms with Crippen LogP contribution in [0.1, 0.15) is 22.3 Å². The Hall–Kier alpha value is -2.29. The van der Waals surface area contributed by atoms with Crippen LogP contribution < -0.4 is 10.1 Å². The zero-order valence-electron chi connectivity index (χ0n) is 15.8. The number of halogens is 2. The van der Waals surface area contributed by atoms with Gasteiger partial charge in [-0.05, 0) is 30.7 Å². The molecular formula is C20H19Cl2NO6S. The first-order valence-corrected chi connectivity index (χ1v) is 11.6. The molecule has 2 aromatic rings. The fraction of sp³-hybridized carbons (Fsp3) is 0.300. The molecule has 1 saturated heterocycles. The van der Waals surface area contributed by atoms with Crippen molar-refractivity contribution in [2.75, 3.05) is 18.1 Å². The number of rotatable bonds is 7. The average molecular weight is 472 g/mol. The molecule has 0 unspecified atom stereocenters. The van der Waals surface area contributed by atoms with Crippen LogP contribution in [0.3, 0.4) is 0 Å². The van der Waals surface area contributed by atoms with Gasteiger partial charge in [-0.2, -0.15) is 0 Å². The molecule has 30 heavy (non-hydrogen) atoms. The number of amides is 1. The molecule has 0 saturated carbocycles. The standard InChI is InChI=1S/C20H19Cl2NO6S/c21-14-6-5-13(17(22)9-14)10-28-18-4-2-1-3-16(18)20(25)29-11-19(24)23-15-7-8-30(26,27)12-15/h1-6,9,15H,7-8,10-12H2,(H,23,24)/t15-/m1/s1. The Balaban J connectivity index is 1.56. The van der Waals surface area contributed by atoms with Crippen LogP contribution in [0.25, 0.3) is 0 Å². The number of ether oxygens (including phenoxy) is 2. The zero-order valence-corrected chi connectivity index (χ0v) is 18.1. The molecule has 0 aromatic heterocycles. The van der Waals surface area contributed by atoms with Crippen LogP contribution in [0.15, 0.2) is 42.5 Å². The number of benzene rings is 2. The molecule has 7 nitrogen and oxygen atoms in total. The number of para-hydroxylation sites is 1. The second kappa shape index (κ2) is 9.68. The highest BCUT2D eigenvalue weighted by Crippen LogP contribution is 2.25. The van der Waals surface area contributed by atoms with Crippen molar-refractivity contribution in [2.45, 2.75) is 19.1 Å². The number of carbonyl (C=O) groups excluding carboxylic acids is 2. The first kappa shape index (κ1) is 22.4. The van der Waals surface area contributed by atoms with Crippen LogP contribution in [-0.2, 0) is 26.0 Å². The maximum atomic E-state index is 12.4. The molecule has 0 aliphatic carbocycles. The summed E-state index contributed by atoms with van der Waals surface area (Å²) in [5, 5.41) is 3.50. The van der Waals surface area contributed by atoms with Gasteiger partial charge in [0, 0.05) is 21.7 Å². The Morgan fingerprint density at radius 3 is 2.60 bits per heavy atom. The molecule has 1 heterocycles. The minimum absolute atomic E-state index is 0.0418. The Bertz CT molecular complexity index is 1060. The lowest BCUT2D eigenvalue weighted by Gasteiger charge is -2.13. The molecule has 1 aliphatic heterocycles. The topological polar surface area (TPSA) is 98.8 Å². The number of nitrogens with one attached hydrogen (secondary N) is 1. The van der Waals surface area contributed by atoms with Gasteiger partial charge in [-0.25, -0.2) is 13.2 Å². The molecule has 1 N–H and O–H groups in total. The molecule has 1 aliphatic rings. The van der Waals surface area contributed by atoms with Crippen molar-refractivity contribution in [2.24, 2.45) is 0 Å². The highest BCUT2D eigenvalue weighted by Gasteiger charge is 2.29. The SMILES string of the molecule is O=C(COC(=O)c1ccccc1OCc1ccc(Cl)cc1Cl)N[C@@H]1CCS(=O)(=O)C1. The number of hydrogen-bond donors (Lipinski definition) is 1. The Labute approximate surface area is 184 Å². The van der Waals surface area contributed by atoms with Crippen molar-refractivity contribution in [1.29, 1.82) is 0 Å². The second-order valence-electron chi connectivity index (χ2n) is 6.76. The quantitative estimate of drug-likeness (QED) is 0.623. The first-order chi connectivity index (χ1) is 14.2. The van der Waals surface area contributed by atoms with Gasteiger partial charge in [-0.1, -0.05) is 41.4 Å². The molecule has 10 heteroatoms. The monoisotopic (exact) mass is 471 g/mol. The van der Waals surface area contributed by atoms with E-state index in [1.165, 1.54) is 6.07 Å². The fourth-order valence-electron chi connectivity index (χ4n) is 2.94. The minimum Gasteiger partial charge on any atom is -0.488 e. The van der Waals surface area contributed by atoms with Crippen LogP contribution in [0.2, 0.25) is 10.0 Å². The van der Waals surface area contributed by atoms with E-state index >= 15 is 0 Å². The van der Waals surface area contributed by atoms with Gasteiger partial charge in [0.1, 0.15) is 17.9 Å². The van der Waals surface area contributed by atoms with Gasteiger partial charge in [0.05, 0.1) is 11.5 Å². The summed E-state index contributed by atoms with van der Waals surface area (Å²) in [5.41, 5.74) is 0.842. The molecular weight excluding hydrogens is 453 g/mol. The van der Waals surface area contributed by atoms with Crippen LogP contribution in [0.5, 0.6) is 5.75 Å². The molecule has 0 radical (unpaired) electrons. The zero-order chi connectivity index (χ0) is 21.7. The van der Waals surface area contributed by atoms with E-state index in [4.69, 9.17) is 32.7 Å². The molecule has 2 aromatic carbocycles. The normalized spacial score (nSPS) is 17.3. The summed E-state index contributed by atoms with van der Waals surface area (Å²) >= 11 is 12.0. The van der Waals surface area contributed by atoms with E-state index < -0.39 is 34.4 Å². The Morgan fingerprint density at radius 1 is 1.13 bits per heavy atom. The maximum Gasteiger partial charge on any atom is 0.342 e.